The lowest BCUT2D eigenvalue weighted by Gasteiger charge is -2.20. The van der Waals surface area contributed by atoms with Gasteiger partial charge < -0.3 is 24.1 Å². The molecule has 1 aromatic carbocycles. The molecule has 0 saturated carbocycles. The second-order valence-electron chi connectivity index (χ2n) is 4.80. The van der Waals surface area contributed by atoms with E-state index in [1.165, 1.54) is 14.0 Å². The first-order valence-electron chi connectivity index (χ1n) is 6.78. The summed E-state index contributed by atoms with van der Waals surface area (Å²) in [6, 6.07) is 8.49. The highest BCUT2D eigenvalue weighted by Crippen LogP contribution is 2.25. The number of hydrogen-bond acceptors (Lipinski definition) is 7. The Kier molecular flexibility index (Phi) is 5.48. The molecule has 4 atom stereocenters. The molecule has 0 radical (unpaired) electrons. The molecule has 0 aliphatic carbocycles. The van der Waals surface area contributed by atoms with Gasteiger partial charge in [-0.05, 0) is 12.1 Å². The van der Waals surface area contributed by atoms with Gasteiger partial charge in [0.2, 0.25) is 0 Å². The first kappa shape index (κ1) is 16.4. The van der Waals surface area contributed by atoms with Gasteiger partial charge in [0.25, 0.3) is 0 Å². The third-order valence-corrected chi connectivity index (χ3v) is 3.25. The summed E-state index contributed by atoms with van der Waals surface area (Å²) in [5.41, 5.74) is 0.409. The van der Waals surface area contributed by atoms with Crippen molar-refractivity contribution in [3.63, 3.8) is 0 Å². The minimum atomic E-state index is -1.32. The predicted octanol–water partition coefficient (Wildman–Crippen LogP) is 0.507. The summed E-state index contributed by atoms with van der Waals surface area (Å²) in [6.45, 7) is 1.10. The van der Waals surface area contributed by atoms with Crippen LogP contribution in [0.5, 0.6) is 0 Å². The van der Waals surface area contributed by atoms with E-state index in [1.54, 1.807) is 30.3 Å². The van der Waals surface area contributed by atoms with Gasteiger partial charge in [0.05, 0.1) is 5.56 Å². The van der Waals surface area contributed by atoms with Gasteiger partial charge in [-0.15, -0.1) is 0 Å². The van der Waals surface area contributed by atoms with Crippen molar-refractivity contribution in [2.24, 2.45) is 0 Å². The van der Waals surface area contributed by atoms with Gasteiger partial charge in [-0.3, -0.25) is 4.79 Å². The van der Waals surface area contributed by atoms with E-state index in [0.717, 1.165) is 0 Å². The molecule has 1 aromatic rings. The zero-order chi connectivity index (χ0) is 16.1. The van der Waals surface area contributed by atoms with Crippen LogP contribution >= 0.6 is 0 Å². The van der Waals surface area contributed by atoms with Crippen LogP contribution in [0.4, 0.5) is 0 Å². The number of carbonyl (C=O) groups is 2. The van der Waals surface area contributed by atoms with Crippen LogP contribution in [0.15, 0.2) is 30.3 Å². The Hall–Kier alpha value is -1.96. The van der Waals surface area contributed by atoms with Gasteiger partial charge >= 0.3 is 11.9 Å². The molecule has 0 bridgehead atoms. The molecular formula is C15H18O7. The van der Waals surface area contributed by atoms with E-state index < -0.39 is 36.5 Å². The predicted molar refractivity (Wildman–Crippen MR) is 74.0 cm³/mol. The number of hydrogen-bond donors (Lipinski definition) is 1. The molecule has 2 rings (SSSR count). The van der Waals surface area contributed by atoms with E-state index in [-0.39, 0.29) is 6.61 Å². The second-order valence-corrected chi connectivity index (χ2v) is 4.80. The minimum Gasteiger partial charge on any atom is -0.459 e. The molecule has 7 nitrogen and oxygen atoms in total. The Balaban J connectivity index is 1.95. The minimum absolute atomic E-state index is 0.124. The normalized spacial score (nSPS) is 27.4. The van der Waals surface area contributed by atoms with Crippen molar-refractivity contribution in [3.8, 4) is 0 Å². The van der Waals surface area contributed by atoms with E-state index >= 15 is 0 Å². The molecule has 1 fully saturated rings. The van der Waals surface area contributed by atoms with Crippen LogP contribution in [-0.2, 0) is 23.7 Å². The lowest BCUT2D eigenvalue weighted by molar-refractivity contribution is -0.171. The van der Waals surface area contributed by atoms with Crippen molar-refractivity contribution in [1.82, 2.24) is 0 Å². The summed E-state index contributed by atoms with van der Waals surface area (Å²) in [4.78, 5) is 22.9. The zero-order valence-corrected chi connectivity index (χ0v) is 12.3. The number of rotatable bonds is 5. The maximum absolute atomic E-state index is 11.9. The van der Waals surface area contributed by atoms with Crippen LogP contribution in [0.3, 0.4) is 0 Å². The molecule has 0 aromatic heterocycles. The molecule has 1 aliphatic heterocycles. The summed E-state index contributed by atoms with van der Waals surface area (Å²) < 4.78 is 20.6. The topological polar surface area (TPSA) is 91.3 Å². The van der Waals surface area contributed by atoms with Gasteiger partial charge in [0.1, 0.15) is 18.8 Å². The van der Waals surface area contributed by atoms with Crippen molar-refractivity contribution < 1.29 is 33.6 Å². The highest BCUT2D eigenvalue weighted by atomic mass is 16.7. The molecule has 4 unspecified atom stereocenters. The van der Waals surface area contributed by atoms with E-state index in [0.29, 0.717) is 5.56 Å². The van der Waals surface area contributed by atoms with Crippen LogP contribution in [0.25, 0.3) is 0 Å². The van der Waals surface area contributed by atoms with Crippen LogP contribution in [0.2, 0.25) is 0 Å². The van der Waals surface area contributed by atoms with Crippen molar-refractivity contribution in [2.75, 3.05) is 13.7 Å². The molecule has 7 heteroatoms. The molecule has 0 spiro atoms. The first-order valence-corrected chi connectivity index (χ1v) is 6.78. The SMILES string of the molecule is COC1C(COC(=O)c2ccccc2)OC(O)C1OC(C)=O. The van der Waals surface area contributed by atoms with Crippen LogP contribution in [-0.4, -0.2) is 55.4 Å². The van der Waals surface area contributed by atoms with Gasteiger partial charge in [-0.25, -0.2) is 4.79 Å². The van der Waals surface area contributed by atoms with E-state index in [1.807, 2.05) is 0 Å². The lowest BCUT2D eigenvalue weighted by Crippen LogP contribution is -2.39. The highest BCUT2D eigenvalue weighted by Gasteiger charge is 2.47. The molecule has 1 aliphatic rings. The van der Waals surface area contributed by atoms with Gasteiger partial charge in [-0.2, -0.15) is 0 Å². The average Bonchev–Trinajstić information content (AvgIpc) is 2.80. The number of esters is 2. The van der Waals surface area contributed by atoms with Crippen molar-refractivity contribution >= 4 is 11.9 Å². The Labute approximate surface area is 127 Å². The maximum Gasteiger partial charge on any atom is 0.338 e. The van der Waals surface area contributed by atoms with Crippen molar-refractivity contribution in [3.05, 3.63) is 35.9 Å². The fraction of sp³-hybridized carbons (Fsp3) is 0.467. The molecular weight excluding hydrogens is 292 g/mol. The van der Waals surface area contributed by atoms with E-state index in [2.05, 4.69) is 0 Å². The molecule has 1 heterocycles. The number of aliphatic hydroxyl groups excluding tert-OH is 1. The molecule has 0 amide bonds. The quantitative estimate of drug-likeness (QED) is 0.792. The van der Waals surface area contributed by atoms with Gasteiger partial charge in [-0.1, -0.05) is 18.2 Å². The van der Waals surface area contributed by atoms with Crippen LogP contribution < -0.4 is 0 Å². The Bertz CT molecular complexity index is 516. The number of carbonyl (C=O) groups excluding carboxylic acids is 2. The number of methoxy groups -OCH3 is 1. The van der Waals surface area contributed by atoms with Crippen LogP contribution in [0, 0.1) is 0 Å². The largest absolute Gasteiger partial charge is 0.459 e. The zero-order valence-electron chi connectivity index (χ0n) is 12.3. The van der Waals surface area contributed by atoms with Gasteiger partial charge in [0, 0.05) is 14.0 Å². The smallest absolute Gasteiger partial charge is 0.338 e. The second kappa shape index (κ2) is 7.35. The first-order chi connectivity index (χ1) is 10.5. The van der Waals surface area contributed by atoms with Gasteiger partial charge in [0.15, 0.2) is 12.4 Å². The third-order valence-electron chi connectivity index (χ3n) is 3.25. The monoisotopic (exact) mass is 310 g/mol. The summed E-state index contributed by atoms with van der Waals surface area (Å²) in [7, 11) is 1.40. The third kappa shape index (κ3) is 3.82. The van der Waals surface area contributed by atoms with Crippen molar-refractivity contribution in [2.45, 2.75) is 31.5 Å². The Morgan fingerprint density at radius 3 is 2.50 bits per heavy atom. The summed E-state index contributed by atoms with van der Waals surface area (Å²) in [5.74, 6) is -1.07. The summed E-state index contributed by atoms with van der Waals surface area (Å²) in [6.07, 6.45) is -3.73. The number of aliphatic hydroxyl groups is 1. The average molecular weight is 310 g/mol. The van der Waals surface area contributed by atoms with E-state index in [9.17, 15) is 14.7 Å². The fourth-order valence-corrected chi connectivity index (χ4v) is 2.26. The number of ether oxygens (including phenoxy) is 4. The fourth-order valence-electron chi connectivity index (χ4n) is 2.26. The molecule has 1 N–H and O–H groups in total. The van der Waals surface area contributed by atoms with E-state index in [4.69, 9.17) is 18.9 Å². The lowest BCUT2D eigenvalue weighted by atomic mass is 10.1. The highest BCUT2D eigenvalue weighted by molar-refractivity contribution is 5.89. The van der Waals surface area contributed by atoms with Crippen molar-refractivity contribution in [1.29, 1.82) is 0 Å². The molecule has 1 saturated heterocycles. The summed E-state index contributed by atoms with van der Waals surface area (Å²) >= 11 is 0. The standard InChI is InChI=1S/C15H18O7/c1-9(16)21-13-12(19-2)11(22-15(13)18)8-20-14(17)10-6-4-3-5-7-10/h3-7,11-13,15,18H,8H2,1-2H3. The molecule has 22 heavy (non-hydrogen) atoms. The van der Waals surface area contributed by atoms with Crippen LogP contribution in [0.1, 0.15) is 17.3 Å². The summed E-state index contributed by atoms with van der Waals surface area (Å²) in [5, 5.41) is 9.77. The maximum atomic E-state index is 11.9. The number of benzene rings is 1. The Morgan fingerprint density at radius 2 is 1.91 bits per heavy atom. The Morgan fingerprint density at radius 1 is 1.23 bits per heavy atom. The molecule has 120 valence electrons.